The molecule has 0 spiro atoms. The third kappa shape index (κ3) is 1.93. The van der Waals surface area contributed by atoms with Crippen molar-refractivity contribution in [1.82, 2.24) is 4.90 Å². The maximum absolute atomic E-state index is 10.3. The van der Waals surface area contributed by atoms with Gasteiger partial charge in [0.1, 0.15) is 0 Å². The molecule has 1 fully saturated rings. The van der Waals surface area contributed by atoms with E-state index in [1.807, 2.05) is 0 Å². The molecular weight excluding hydrogens is 142 g/mol. The van der Waals surface area contributed by atoms with E-state index in [2.05, 4.69) is 18.7 Å². The normalized spacial score (nSPS) is 25.2. The van der Waals surface area contributed by atoms with Crippen molar-refractivity contribution in [2.24, 2.45) is 0 Å². The summed E-state index contributed by atoms with van der Waals surface area (Å²) < 4.78 is 0. The van der Waals surface area contributed by atoms with Crippen molar-refractivity contribution in [2.45, 2.75) is 38.8 Å². The molecule has 3 nitrogen and oxygen atoms in total. The zero-order valence-electron chi connectivity index (χ0n) is 7.08. The van der Waals surface area contributed by atoms with Crippen molar-refractivity contribution in [3.05, 3.63) is 0 Å². The van der Waals surface area contributed by atoms with E-state index in [1.165, 1.54) is 0 Å². The van der Waals surface area contributed by atoms with Crippen LogP contribution in [0.15, 0.2) is 0 Å². The predicted molar refractivity (Wildman–Crippen MR) is 42.5 cm³/mol. The molecule has 0 bridgehead atoms. The first-order valence-electron chi connectivity index (χ1n) is 4.09. The first-order valence-corrected chi connectivity index (χ1v) is 4.09. The number of aliphatic carboxylic acids is 1. The fourth-order valence-electron chi connectivity index (χ4n) is 1.56. The second-order valence-electron chi connectivity index (χ2n) is 3.37. The molecule has 1 aliphatic heterocycles. The lowest BCUT2D eigenvalue weighted by molar-refractivity contribution is -0.140. The lowest BCUT2D eigenvalue weighted by Crippen LogP contribution is -2.52. The highest BCUT2D eigenvalue weighted by molar-refractivity contribution is 5.67. The fraction of sp³-hybridized carbons (Fsp3) is 0.875. The SMILES string of the molecule is CC(C)N1CCC1CC(=O)O. The first kappa shape index (κ1) is 8.53. The molecular formula is C8H15NO2. The van der Waals surface area contributed by atoms with Crippen molar-refractivity contribution < 1.29 is 9.90 Å². The molecule has 1 unspecified atom stereocenters. The van der Waals surface area contributed by atoms with E-state index in [0.717, 1.165) is 13.0 Å². The van der Waals surface area contributed by atoms with Crippen molar-refractivity contribution in [3.63, 3.8) is 0 Å². The molecule has 11 heavy (non-hydrogen) atoms. The van der Waals surface area contributed by atoms with E-state index in [9.17, 15) is 4.79 Å². The Morgan fingerprint density at radius 1 is 1.73 bits per heavy atom. The van der Waals surface area contributed by atoms with Gasteiger partial charge in [0.25, 0.3) is 0 Å². The average molecular weight is 157 g/mol. The maximum Gasteiger partial charge on any atom is 0.304 e. The van der Waals surface area contributed by atoms with Gasteiger partial charge in [-0.05, 0) is 20.3 Å². The Morgan fingerprint density at radius 2 is 2.36 bits per heavy atom. The van der Waals surface area contributed by atoms with Crippen LogP contribution in [0, 0.1) is 0 Å². The number of likely N-dealkylation sites (tertiary alicyclic amines) is 1. The third-order valence-electron chi connectivity index (χ3n) is 2.26. The minimum absolute atomic E-state index is 0.299. The Hall–Kier alpha value is -0.570. The second kappa shape index (κ2) is 3.22. The molecule has 1 N–H and O–H groups in total. The number of carboxylic acids is 1. The van der Waals surface area contributed by atoms with Crippen LogP contribution in [0.4, 0.5) is 0 Å². The molecule has 0 saturated carbocycles. The number of carbonyl (C=O) groups is 1. The molecule has 1 saturated heterocycles. The highest BCUT2D eigenvalue weighted by Gasteiger charge is 2.31. The summed E-state index contributed by atoms with van der Waals surface area (Å²) in [7, 11) is 0. The van der Waals surface area contributed by atoms with Gasteiger partial charge < -0.3 is 5.11 Å². The summed E-state index contributed by atoms with van der Waals surface area (Å²) in [6.07, 6.45) is 1.35. The average Bonchev–Trinajstić information content (AvgIpc) is 1.78. The number of nitrogens with zero attached hydrogens (tertiary/aromatic N) is 1. The Balaban J connectivity index is 2.31. The number of hydrogen-bond acceptors (Lipinski definition) is 2. The molecule has 0 aromatic rings. The van der Waals surface area contributed by atoms with E-state index < -0.39 is 5.97 Å². The van der Waals surface area contributed by atoms with Crippen LogP contribution < -0.4 is 0 Å². The highest BCUT2D eigenvalue weighted by atomic mass is 16.4. The zero-order chi connectivity index (χ0) is 8.43. The van der Waals surface area contributed by atoms with E-state index >= 15 is 0 Å². The Kier molecular flexibility index (Phi) is 2.49. The monoisotopic (exact) mass is 157 g/mol. The molecule has 1 rings (SSSR count). The van der Waals surface area contributed by atoms with E-state index in [-0.39, 0.29) is 0 Å². The van der Waals surface area contributed by atoms with Crippen LogP contribution in [0.25, 0.3) is 0 Å². The summed E-state index contributed by atoms with van der Waals surface area (Å²) in [5.41, 5.74) is 0. The molecule has 0 amide bonds. The molecule has 0 aliphatic carbocycles. The van der Waals surface area contributed by atoms with Crippen molar-refractivity contribution >= 4 is 5.97 Å². The maximum atomic E-state index is 10.3. The second-order valence-corrected chi connectivity index (χ2v) is 3.37. The van der Waals surface area contributed by atoms with Crippen LogP contribution in [-0.2, 0) is 4.79 Å². The predicted octanol–water partition coefficient (Wildman–Crippen LogP) is 0.944. The van der Waals surface area contributed by atoms with Crippen LogP contribution in [-0.4, -0.2) is 34.6 Å². The van der Waals surface area contributed by atoms with Crippen LogP contribution >= 0.6 is 0 Å². The summed E-state index contributed by atoms with van der Waals surface area (Å²) >= 11 is 0. The quantitative estimate of drug-likeness (QED) is 0.663. The number of carboxylic acid groups (broad SMARTS) is 1. The van der Waals surface area contributed by atoms with Crippen LogP contribution in [0.1, 0.15) is 26.7 Å². The van der Waals surface area contributed by atoms with Crippen LogP contribution in [0.5, 0.6) is 0 Å². The van der Waals surface area contributed by atoms with Crippen molar-refractivity contribution in [2.75, 3.05) is 6.54 Å². The van der Waals surface area contributed by atoms with Gasteiger partial charge in [0.15, 0.2) is 0 Å². The van der Waals surface area contributed by atoms with Gasteiger partial charge in [0.2, 0.25) is 0 Å². The lowest BCUT2D eigenvalue weighted by Gasteiger charge is -2.43. The minimum Gasteiger partial charge on any atom is -0.481 e. The van der Waals surface area contributed by atoms with Crippen molar-refractivity contribution in [3.8, 4) is 0 Å². The molecule has 64 valence electrons. The standard InChI is InChI=1S/C8H15NO2/c1-6(2)9-4-3-7(9)5-8(10)11/h6-7H,3-5H2,1-2H3,(H,10,11). The summed E-state index contributed by atoms with van der Waals surface area (Å²) in [6.45, 7) is 5.28. The fourth-order valence-corrected chi connectivity index (χ4v) is 1.56. The molecule has 0 radical (unpaired) electrons. The van der Waals surface area contributed by atoms with Gasteiger partial charge in [-0.15, -0.1) is 0 Å². The lowest BCUT2D eigenvalue weighted by atomic mass is 9.98. The summed E-state index contributed by atoms with van der Waals surface area (Å²) in [4.78, 5) is 12.6. The van der Waals surface area contributed by atoms with Gasteiger partial charge >= 0.3 is 5.97 Å². The van der Waals surface area contributed by atoms with Gasteiger partial charge in [-0.3, -0.25) is 9.69 Å². The zero-order valence-corrected chi connectivity index (χ0v) is 7.08. The highest BCUT2D eigenvalue weighted by Crippen LogP contribution is 2.22. The van der Waals surface area contributed by atoms with Gasteiger partial charge in [0.05, 0.1) is 6.42 Å². The Bertz CT molecular complexity index is 156. The molecule has 0 aromatic carbocycles. The van der Waals surface area contributed by atoms with Gasteiger partial charge in [-0.2, -0.15) is 0 Å². The third-order valence-corrected chi connectivity index (χ3v) is 2.26. The number of rotatable bonds is 3. The smallest absolute Gasteiger partial charge is 0.304 e. The van der Waals surface area contributed by atoms with E-state index in [1.54, 1.807) is 0 Å². The first-order chi connectivity index (χ1) is 5.11. The Labute approximate surface area is 67.0 Å². The number of hydrogen-bond donors (Lipinski definition) is 1. The molecule has 3 heteroatoms. The molecule has 0 aromatic heterocycles. The van der Waals surface area contributed by atoms with E-state index in [4.69, 9.17) is 5.11 Å². The topological polar surface area (TPSA) is 40.5 Å². The van der Waals surface area contributed by atoms with Gasteiger partial charge in [-0.25, -0.2) is 0 Å². The van der Waals surface area contributed by atoms with Gasteiger partial charge in [0, 0.05) is 18.6 Å². The molecule has 1 aliphatic rings. The minimum atomic E-state index is -0.680. The summed E-state index contributed by atoms with van der Waals surface area (Å²) in [5, 5.41) is 8.52. The molecule has 1 atom stereocenters. The summed E-state index contributed by atoms with van der Waals surface area (Å²) in [6, 6.07) is 0.792. The molecule has 1 heterocycles. The summed E-state index contributed by atoms with van der Waals surface area (Å²) in [5.74, 6) is -0.680. The van der Waals surface area contributed by atoms with E-state index in [0.29, 0.717) is 18.5 Å². The van der Waals surface area contributed by atoms with Crippen molar-refractivity contribution in [1.29, 1.82) is 0 Å². The van der Waals surface area contributed by atoms with Gasteiger partial charge in [-0.1, -0.05) is 0 Å². The Morgan fingerprint density at radius 3 is 2.64 bits per heavy atom. The van der Waals surface area contributed by atoms with Crippen LogP contribution in [0.2, 0.25) is 0 Å². The van der Waals surface area contributed by atoms with Crippen LogP contribution in [0.3, 0.4) is 0 Å². The largest absolute Gasteiger partial charge is 0.481 e.